The Kier molecular flexibility index (Phi) is 6.62. The molecule has 1 amide bonds. The molecule has 0 radical (unpaired) electrons. The topological polar surface area (TPSA) is 47.6 Å². The number of benzene rings is 2. The second-order valence-corrected chi connectivity index (χ2v) is 7.18. The Morgan fingerprint density at radius 1 is 1.04 bits per heavy atom. The first-order chi connectivity index (χ1) is 13.2. The molecule has 1 aliphatic rings. The average Bonchev–Trinajstić information content (AvgIpc) is 2.73. The fraction of sp³-hybridized carbons (Fsp3) is 0.409. The molecule has 0 unspecified atom stereocenters. The van der Waals surface area contributed by atoms with E-state index in [-0.39, 0.29) is 17.9 Å². The first kappa shape index (κ1) is 19.6. The zero-order chi connectivity index (χ0) is 19.2. The van der Waals surface area contributed by atoms with Gasteiger partial charge in [-0.25, -0.2) is 0 Å². The molecule has 0 bridgehead atoms. The second kappa shape index (κ2) is 9.14. The largest absolute Gasteiger partial charge is 0.493 e. The van der Waals surface area contributed by atoms with Crippen LogP contribution in [0.3, 0.4) is 0 Å². The van der Waals surface area contributed by atoms with Gasteiger partial charge in [0, 0.05) is 23.4 Å². The van der Waals surface area contributed by atoms with Gasteiger partial charge in [0.25, 0.3) is 5.91 Å². The molecule has 3 rings (SSSR count). The summed E-state index contributed by atoms with van der Waals surface area (Å²) >= 11 is 5.83. The van der Waals surface area contributed by atoms with Crippen molar-refractivity contribution in [3.8, 4) is 11.5 Å². The number of halogens is 1. The summed E-state index contributed by atoms with van der Waals surface area (Å²) in [7, 11) is 3.28. The normalized spacial score (nSPS) is 19.4. The average molecular weight is 388 g/mol. The molecule has 2 aromatic carbocycles. The number of carbonyl (C=O) groups excluding carboxylic acids is 1. The van der Waals surface area contributed by atoms with E-state index in [0.717, 1.165) is 42.7 Å². The van der Waals surface area contributed by atoms with Gasteiger partial charge in [0.2, 0.25) is 0 Å². The van der Waals surface area contributed by atoms with Crippen molar-refractivity contribution in [1.82, 2.24) is 5.32 Å². The van der Waals surface area contributed by atoms with Crippen molar-refractivity contribution in [1.29, 1.82) is 0 Å². The maximum atomic E-state index is 12.7. The monoisotopic (exact) mass is 387 g/mol. The van der Waals surface area contributed by atoms with E-state index in [0.29, 0.717) is 11.4 Å². The number of carbonyl (C=O) groups is 1. The third-order valence-corrected chi connectivity index (χ3v) is 5.60. The Morgan fingerprint density at radius 3 is 2.41 bits per heavy atom. The summed E-state index contributed by atoms with van der Waals surface area (Å²) in [5.41, 5.74) is 2.85. The van der Waals surface area contributed by atoms with Crippen LogP contribution >= 0.6 is 11.6 Å². The lowest BCUT2D eigenvalue weighted by atomic mass is 9.79. The molecule has 1 N–H and O–H groups in total. The molecule has 1 fully saturated rings. The van der Waals surface area contributed by atoms with Gasteiger partial charge in [-0.2, -0.15) is 0 Å². The van der Waals surface area contributed by atoms with Gasteiger partial charge in [0.05, 0.1) is 14.2 Å². The summed E-state index contributed by atoms with van der Waals surface area (Å²) < 4.78 is 10.8. The van der Waals surface area contributed by atoms with Crippen molar-refractivity contribution in [3.05, 3.63) is 59.2 Å². The van der Waals surface area contributed by atoms with Crippen LogP contribution in [0.25, 0.3) is 0 Å². The van der Waals surface area contributed by atoms with Crippen LogP contribution in [0.5, 0.6) is 11.5 Å². The summed E-state index contributed by atoms with van der Waals surface area (Å²) in [6, 6.07) is 13.6. The number of alkyl halides is 1. The SMILES string of the molecule is COc1ccc([C@H]2CCCC[C@H]2NC(=O)c2ccc(CCl)cc2)cc1OC. The highest BCUT2D eigenvalue weighted by Crippen LogP contribution is 2.37. The van der Waals surface area contributed by atoms with Gasteiger partial charge < -0.3 is 14.8 Å². The number of nitrogens with one attached hydrogen (secondary N) is 1. The lowest BCUT2D eigenvalue weighted by Gasteiger charge is -2.33. The highest BCUT2D eigenvalue weighted by atomic mass is 35.5. The molecule has 0 heterocycles. The second-order valence-electron chi connectivity index (χ2n) is 6.92. The van der Waals surface area contributed by atoms with Gasteiger partial charge in [-0.15, -0.1) is 11.6 Å². The minimum absolute atomic E-state index is 0.0338. The predicted molar refractivity (Wildman–Crippen MR) is 108 cm³/mol. The summed E-state index contributed by atoms with van der Waals surface area (Å²) in [4.78, 5) is 12.7. The lowest BCUT2D eigenvalue weighted by molar-refractivity contribution is 0.0920. The molecule has 4 nitrogen and oxygen atoms in total. The molecule has 0 spiro atoms. The van der Waals surface area contributed by atoms with Crippen molar-refractivity contribution in [2.45, 2.75) is 43.5 Å². The molecule has 0 saturated heterocycles. The van der Waals surface area contributed by atoms with Crippen LogP contribution in [0.4, 0.5) is 0 Å². The number of hydrogen-bond acceptors (Lipinski definition) is 3. The van der Waals surface area contributed by atoms with E-state index >= 15 is 0 Å². The van der Waals surface area contributed by atoms with Crippen LogP contribution in [0.15, 0.2) is 42.5 Å². The van der Waals surface area contributed by atoms with Gasteiger partial charge in [0.1, 0.15) is 0 Å². The maximum absolute atomic E-state index is 12.7. The molecule has 0 aliphatic heterocycles. The minimum atomic E-state index is -0.0338. The third-order valence-electron chi connectivity index (χ3n) is 5.29. The number of amides is 1. The van der Waals surface area contributed by atoms with Crippen molar-refractivity contribution in [2.24, 2.45) is 0 Å². The Balaban J connectivity index is 1.77. The van der Waals surface area contributed by atoms with E-state index in [2.05, 4.69) is 11.4 Å². The summed E-state index contributed by atoms with van der Waals surface area (Å²) in [5, 5.41) is 3.24. The summed E-state index contributed by atoms with van der Waals surface area (Å²) in [6.45, 7) is 0. The van der Waals surface area contributed by atoms with E-state index in [9.17, 15) is 4.79 Å². The van der Waals surface area contributed by atoms with Crippen LogP contribution in [0.1, 0.15) is 53.1 Å². The molecular formula is C22H26ClNO3. The lowest BCUT2D eigenvalue weighted by Crippen LogP contribution is -2.41. The third kappa shape index (κ3) is 4.56. The molecule has 2 aromatic rings. The molecule has 2 atom stereocenters. The number of rotatable bonds is 6. The molecule has 0 aromatic heterocycles. The van der Waals surface area contributed by atoms with E-state index < -0.39 is 0 Å². The fourth-order valence-corrected chi connectivity index (χ4v) is 3.96. The molecular weight excluding hydrogens is 362 g/mol. The van der Waals surface area contributed by atoms with Crippen molar-refractivity contribution in [2.75, 3.05) is 14.2 Å². The Hall–Kier alpha value is -2.20. The van der Waals surface area contributed by atoms with Crippen LogP contribution in [0.2, 0.25) is 0 Å². The minimum Gasteiger partial charge on any atom is -0.493 e. The van der Waals surface area contributed by atoms with Crippen molar-refractivity contribution < 1.29 is 14.3 Å². The van der Waals surface area contributed by atoms with Crippen LogP contribution in [-0.4, -0.2) is 26.2 Å². The zero-order valence-corrected chi connectivity index (χ0v) is 16.6. The smallest absolute Gasteiger partial charge is 0.251 e. The highest BCUT2D eigenvalue weighted by molar-refractivity contribution is 6.17. The standard InChI is InChI=1S/C22H26ClNO3/c1-26-20-12-11-17(13-21(20)27-2)18-5-3-4-6-19(18)24-22(25)16-9-7-15(14-23)8-10-16/h7-13,18-19H,3-6,14H2,1-2H3,(H,24,25)/t18-,19-/m1/s1. The first-order valence-electron chi connectivity index (χ1n) is 9.34. The Labute approximate surface area is 165 Å². The number of hydrogen-bond donors (Lipinski definition) is 1. The van der Waals surface area contributed by atoms with Gasteiger partial charge in [-0.05, 0) is 48.2 Å². The van der Waals surface area contributed by atoms with Gasteiger partial charge in [-0.3, -0.25) is 4.79 Å². The van der Waals surface area contributed by atoms with Crippen LogP contribution in [0, 0.1) is 0 Å². The zero-order valence-electron chi connectivity index (χ0n) is 15.8. The molecule has 5 heteroatoms. The van der Waals surface area contributed by atoms with Crippen LogP contribution < -0.4 is 14.8 Å². The summed E-state index contributed by atoms with van der Waals surface area (Å²) in [5.74, 6) is 2.13. The molecule has 27 heavy (non-hydrogen) atoms. The molecule has 1 saturated carbocycles. The predicted octanol–water partition coefficient (Wildman–Crippen LogP) is 4.90. The van der Waals surface area contributed by atoms with E-state index in [4.69, 9.17) is 21.1 Å². The first-order valence-corrected chi connectivity index (χ1v) is 9.87. The molecule has 144 valence electrons. The molecule has 1 aliphatic carbocycles. The summed E-state index contributed by atoms with van der Waals surface area (Å²) in [6.07, 6.45) is 4.31. The quantitative estimate of drug-likeness (QED) is 0.717. The van der Waals surface area contributed by atoms with Crippen molar-refractivity contribution >= 4 is 17.5 Å². The number of methoxy groups -OCH3 is 2. The van der Waals surface area contributed by atoms with Gasteiger partial charge >= 0.3 is 0 Å². The number of ether oxygens (including phenoxy) is 2. The Bertz CT molecular complexity index is 776. The maximum Gasteiger partial charge on any atom is 0.251 e. The van der Waals surface area contributed by atoms with E-state index in [1.165, 1.54) is 5.56 Å². The van der Waals surface area contributed by atoms with Crippen molar-refractivity contribution in [3.63, 3.8) is 0 Å². The van der Waals surface area contributed by atoms with Crippen LogP contribution in [-0.2, 0) is 5.88 Å². The highest BCUT2D eigenvalue weighted by Gasteiger charge is 2.28. The fourth-order valence-electron chi connectivity index (χ4n) is 3.78. The van der Waals surface area contributed by atoms with E-state index in [1.54, 1.807) is 14.2 Å². The van der Waals surface area contributed by atoms with E-state index in [1.807, 2.05) is 36.4 Å². The Morgan fingerprint density at radius 2 is 1.74 bits per heavy atom. The van der Waals surface area contributed by atoms with Gasteiger partial charge in [0.15, 0.2) is 11.5 Å². The van der Waals surface area contributed by atoms with Gasteiger partial charge in [-0.1, -0.05) is 31.0 Å².